The molecule has 2 aromatic heterocycles. The topological polar surface area (TPSA) is 30.2 Å². The van der Waals surface area contributed by atoms with E-state index >= 15 is 0 Å². The lowest BCUT2D eigenvalue weighted by Crippen LogP contribution is -1.91. The first-order valence-corrected chi connectivity index (χ1v) is 7.92. The van der Waals surface area contributed by atoms with Crippen molar-refractivity contribution in [2.75, 3.05) is 0 Å². The van der Waals surface area contributed by atoms with Gasteiger partial charge in [0.25, 0.3) is 0 Å². The summed E-state index contributed by atoms with van der Waals surface area (Å²) in [4.78, 5) is 5.76. The second-order valence-corrected chi connectivity index (χ2v) is 6.25. The van der Waals surface area contributed by atoms with E-state index in [0.717, 1.165) is 22.8 Å². The highest BCUT2D eigenvalue weighted by Gasteiger charge is 2.14. The van der Waals surface area contributed by atoms with Gasteiger partial charge in [-0.05, 0) is 20.3 Å². The number of unbranched alkanes of at least 4 members (excludes halogenated alkanes) is 1. The van der Waals surface area contributed by atoms with E-state index < -0.39 is 0 Å². The third-order valence-corrected chi connectivity index (χ3v) is 4.51. The van der Waals surface area contributed by atoms with E-state index in [4.69, 9.17) is 4.98 Å². The van der Waals surface area contributed by atoms with Crippen LogP contribution in [0.25, 0.3) is 16.2 Å². The van der Waals surface area contributed by atoms with E-state index in [1.165, 1.54) is 29.0 Å². The van der Waals surface area contributed by atoms with Crippen LogP contribution in [0.1, 0.15) is 36.0 Å². The van der Waals surface area contributed by atoms with Crippen molar-refractivity contribution in [3.63, 3.8) is 0 Å². The van der Waals surface area contributed by atoms with E-state index in [2.05, 4.69) is 50.1 Å². The molecule has 0 aliphatic carbocycles. The molecule has 0 atom stereocenters. The molecule has 0 radical (unpaired) electrons. The van der Waals surface area contributed by atoms with Gasteiger partial charge in [-0.1, -0.05) is 54.5 Å². The Bertz CT molecular complexity index is 722. The first kappa shape index (κ1) is 13.3. The maximum Gasteiger partial charge on any atom is 0.212 e. The SMILES string of the molecule is CCCCc1nn2c(C)c(-c3ccc(C)cc3)nc2s1. The highest BCUT2D eigenvalue weighted by molar-refractivity contribution is 7.16. The van der Waals surface area contributed by atoms with Crippen LogP contribution in [0.5, 0.6) is 0 Å². The molecule has 3 nitrogen and oxygen atoms in total. The average molecular weight is 285 g/mol. The third-order valence-electron chi connectivity index (χ3n) is 3.54. The van der Waals surface area contributed by atoms with Crippen molar-refractivity contribution < 1.29 is 0 Å². The predicted octanol–water partition coefficient (Wildman–Crippen LogP) is 4.42. The van der Waals surface area contributed by atoms with Gasteiger partial charge in [0.1, 0.15) is 5.01 Å². The smallest absolute Gasteiger partial charge is 0.212 e. The number of rotatable bonds is 4. The lowest BCUT2D eigenvalue weighted by atomic mass is 10.1. The Labute approximate surface area is 123 Å². The first-order chi connectivity index (χ1) is 9.69. The van der Waals surface area contributed by atoms with Crippen LogP contribution in [-0.4, -0.2) is 14.6 Å². The van der Waals surface area contributed by atoms with Crippen LogP contribution < -0.4 is 0 Å². The first-order valence-electron chi connectivity index (χ1n) is 7.11. The van der Waals surface area contributed by atoms with Gasteiger partial charge in [-0.2, -0.15) is 5.10 Å². The fraction of sp³-hybridized carbons (Fsp3) is 0.375. The van der Waals surface area contributed by atoms with Crippen LogP contribution >= 0.6 is 11.3 Å². The monoisotopic (exact) mass is 285 g/mol. The lowest BCUT2D eigenvalue weighted by molar-refractivity contribution is 0.766. The summed E-state index contributed by atoms with van der Waals surface area (Å²) in [6.45, 7) is 6.40. The lowest BCUT2D eigenvalue weighted by Gasteiger charge is -1.99. The van der Waals surface area contributed by atoms with Gasteiger partial charge in [0.05, 0.1) is 11.4 Å². The predicted molar refractivity (Wildman–Crippen MR) is 84.4 cm³/mol. The molecule has 3 rings (SSSR count). The standard InChI is InChI=1S/C16H19N3S/c1-4-5-6-14-18-19-12(3)15(17-16(19)20-14)13-9-7-11(2)8-10-13/h7-10H,4-6H2,1-3H3. The Kier molecular flexibility index (Phi) is 3.57. The van der Waals surface area contributed by atoms with Crippen LogP contribution in [0.3, 0.4) is 0 Å². The number of imidazole rings is 1. The Morgan fingerprint density at radius 2 is 1.90 bits per heavy atom. The molecule has 0 aliphatic rings. The summed E-state index contributed by atoms with van der Waals surface area (Å²) < 4.78 is 1.99. The zero-order chi connectivity index (χ0) is 14.1. The molecule has 0 spiro atoms. The maximum atomic E-state index is 4.76. The zero-order valence-corrected chi connectivity index (χ0v) is 13.0. The van der Waals surface area contributed by atoms with Gasteiger partial charge in [-0.25, -0.2) is 9.50 Å². The molecule has 3 aromatic rings. The van der Waals surface area contributed by atoms with Crippen molar-refractivity contribution >= 4 is 16.3 Å². The Balaban J connectivity index is 1.99. The summed E-state index contributed by atoms with van der Waals surface area (Å²) in [6.07, 6.45) is 3.46. The molecule has 0 unspecified atom stereocenters. The van der Waals surface area contributed by atoms with E-state index in [1.807, 2.05) is 4.52 Å². The Morgan fingerprint density at radius 3 is 2.55 bits per heavy atom. The molecule has 1 aromatic carbocycles. The second kappa shape index (κ2) is 5.37. The highest BCUT2D eigenvalue weighted by Crippen LogP contribution is 2.27. The van der Waals surface area contributed by atoms with Gasteiger partial charge in [-0.15, -0.1) is 0 Å². The number of fused-ring (bicyclic) bond motifs is 1. The maximum absolute atomic E-state index is 4.76. The van der Waals surface area contributed by atoms with Crippen molar-refractivity contribution in [2.45, 2.75) is 40.0 Å². The molecule has 0 fully saturated rings. The molecule has 4 heteroatoms. The summed E-state index contributed by atoms with van der Waals surface area (Å²) in [5.74, 6) is 0. The number of nitrogens with zero attached hydrogens (tertiary/aromatic N) is 3. The number of aromatic nitrogens is 3. The van der Waals surface area contributed by atoms with E-state index in [9.17, 15) is 0 Å². The molecule has 0 bridgehead atoms. The fourth-order valence-electron chi connectivity index (χ4n) is 2.30. The highest BCUT2D eigenvalue weighted by atomic mass is 32.1. The normalized spacial score (nSPS) is 11.3. The van der Waals surface area contributed by atoms with Crippen LogP contribution in [-0.2, 0) is 6.42 Å². The fourth-order valence-corrected chi connectivity index (χ4v) is 3.28. The van der Waals surface area contributed by atoms with Crippen LogP contribution in [0.2, 0.25) is 0 Å². The molecule has 2 heterocycles. The summed E-state index contributed by atoms with van der Waals surface area (Å²) in [5.41, 5.74) is 4.61. The molecule has 0 aliphatic heterocycles. The summed E-state index contributed by atoms with van der Waals surface area (Å²) in [5, 5.41) is 5.87. The Hall–Kier alpha value is -1.68. The molecule has 0 N–H and O–H groups in total. The van der Waals surface area contributed by atoms with Crippen LogP contribution in [0.4, 0.5) is 0 Å². The van der Waals surface area contributed by atoms with Crippen molar-refractivity contribution in [3.05, 3.63) is 40.5 Å². The largest absolute Gasteiger partial charge is 0.217 e. The van der Waals surface area contributed by atoms with E-state index in [-0.39, 0.29) is 0 Å². The van der Waals surface area contributed by atoms with Gasteiger partial charge in [0.2, 0.25) is 4.96 Å². The second-order valence-electron chi connectivity index (χ2n) is 5.21. The minimum atomic E-state index is 1.00. The molecular weight excluding hydrogens is 266 g/mol. The van der Waals surface area contributed by atoms with Gasteiger partial charge >= 0.3 is 0 Å². The quantitative estimate of drug-likeness (QED) is 0.710. The van der Waals surface area contributed by atoms with Crippen molar-refractivity contribution in [2.24, 2.45) is 0 Å². The zero-order valence-electron chi connectivity index (χ0n) is 12.2. The summed E-state index contributed by atoms with van der Waals surface area (Å²) >= 11 is 1.71. The Morgan fingerprint density at radius 1 is 1.15 bits per heavy atom. The molecule has 104 valence electrons. The van der Waals surface area contributed by atoms with Crippen LogP contribution in [0.15, 0.2) is 24.3 Å². The van der Waals surface area contributed by atoms with E-state index in [0.29, 0.717) is 0 Å². The third kappa shape index (κ3) is 2.36. The number of hydrogen-bond acceptors (Lipinski definition) is 3. The minimum Gasteiger partial charge on any atom is -0.217 e. The molecule has 20 heavy (non-hydrogen) atoms. The van der Waals surface area contributed by atoms with Crippen molar-refractivity contribution in [1.29, 1.82) is 0 Å². The molecule has 0 saturated heterocycles. The number of hydrogen-bond donors (Lipinski definition) is 0. The van der Waals surface area contributed by atoms with Gasteiger partial charge in [-0.3, -0.25) is 0 Å². The number of aryl methyl sites for hydroxylation is 3. The van der Waals surface area contributed by atoms with Crippen molar-refractivity contribution in [1.82, 2.24) is 14.6 Å². The summed E-state index contributed by atoms with van der Waals surface area (Å²) in [7, 11) is 0. The number of benzene rings is 1. The van der Waals surface area contributed by atoms with Gasteiger partial charge < -0.3 is 0 Å². The van der Waals surface area contributed by atoms with E-state index in [1.54, 1.807) is 11.3 Å². The van der Waals surface area contributed by atoms with Crippen molar-refractivity contribution in [3.8, 4) is 11.3 Å². The minimum absolute atomic E-state index is 1.00. The molecular formula is C16H19N3S. The molecule has 0 saturated carbocycles. The van der Waals surface area contributed by atoms with Gasteiger partial charge in [0, 0.05) is 12.0 Å². The average Bonchev–Trinajstić information content (AvgIpc) is 2.97. The van der Waals surface area contributed by atoms with Crippen LogP contribution in [0, 0.1) is 13.8 Å². The summed E-state index contributed by atoms with van der Waals surface area (Å²) in [6, 6.07) is 8.52. The molecule has 0 amide bonds. The van der Waals surface area contributed by atoms with Gasteiger partial charge in [0.15, 0.2) is 0 Å².